The van der Waals surface area contributed by atoms with E-state index in [-0.39, 0.29) is 5.41 Å². The van der Waals surface area contributed by atoms with Crippen LogP contribution < -0.4 is 0 Å². The van der Waals surface area contributed by atoms with Gasteiger partial charge in [-0.2, -0.15) is 0 Å². The van der Waals surface area contributed by atoms with Crippen molar-refractivity contribution in [1.29, 1.82) is 0 Å². The lowest BCUT2D eigenvalue weighted by Crippen LogP contribution is -2.41. The first-order valence-corrected chi connectivity index (χ1v) is 11.1. The molecule has 1 amide bonds. The molecule has 1 aliphatic heterocycles. The van der Waals surface area contributed by atoms with Crippen molar-refractivity contribution in [1.82, 2.24) is 14.8 Å². The van der Waals surface area contributed by atoms with Crippen molar-refractivity contribution in [3.8, 4) is 0 Å². The largest absolute Gasteiger partial charge is 0.343 e. The van der Waals surface area contributed by atoms with E-state index in [0.29, 0.717) is 18.2 Å². The smallest absolute Gasteiger partial charge is 0.223 e. The number of carbonyl (C=O) groups is 1. The predicted molar refractivity (Wildman–Crippen MR) is 117 cm³/mol. The number of nitrogens with zero attached hydrogens (tertiary/aromatic N) is 3. The van der Waals surface area contributed by atoms with Gasteiger partial charge in [-0.3, -0.25) is 14.7 Å². The highest BCUT2D eigenvalue weighted by molar-refractivity contribution is 5.77. The standard InChI is InChI=1S/C25H33N3O/c1-3-28(4-2)24(29)16-21-17-25(23-10-6-5-9-22(21)23)11-14-27(15-12-25)19-20-8-7-13-26-18-20/h5-10,13,18,21H,3-4,11-12,14-17,19H2,1-2H3. The molecule has 0 N–H and O–H groups in total. The number of fused-ring (bicyclic) bond motifs is 2. The number of pyridine rings is 1. The van der Waals surface area contributed by atoms with Crippen molar-refractivity contribution < 1.29 is 4.79 Å². The Morgan fingerprint density at radius 2 is 1.90 bits per heavy atom. The van der Waals surface area contributed by atoms with Crippen molar-refractivity contribution >= 4 is 5.91 Å². The zero-order valence-electron chi connectivity index (χ0n) is 17.8. The van der Waals surface area contributed by atoms with Crippen LogP contribution in [0.1, 0.15) is 62.1 Å². The van der Waals surface area contributed by atoms with Gasteiger partial charge >= 0.3 is 0 Å². The lowest BCUT2D eigenvalue weighted by atomic mass is 9.73. The summed E-state index contributed by atoms with van der Waals surface area (Å²) in [6.07, 6.45) is 7.95. The molecule has 1 unspecified atom stereocenters. The maximum atomic E-state index is 12.8. The molecule has 2 aromatic rings. The highest BCUT2D eigenvalue weighted by Gasteiger charge is 2.45. The Kier molecular flexibility index (Phi) is 6.00. The number of aromatic nitrogens is 1. The molecule has 1 saturated heterocycles. The third-order valence-corrected chi connectivity index (χ3v) is 7.09. The summed E-state index contributed by atoms with van der Waals surface area (Å²) in [6.45, 7) is 8.96. The summed E-state index contributed by atoms with van der Waals surface area (Å²) in [7, 11) is 0. The van der Waals surface area contributed by atoms with E-state index in [1.807, 2.05) is 23.4 Å². The van der Waals surface area contributed by atoms with Gasteiger partial charge in [0.2, 0.25) is 5.91 Å². The lowest BCUT2D eigenvalue weighted by Gasteiger charge is -2.40. The monoisotopic (exact) mass is 391 g/mol. The fourth-order valence-corrected chi connectivity index (χ4v) is 5.49. The number of carbonyl (C=O) groups excluding carboxylic acids is 1. The summed E-state index contributed by atoms with van der Waals surface area (Å²) in [5, 5.41) is 0. The Morgan fingerprint density at radius 1 is 1.14 bits per heavy atom. The van der Waals surface area contributed by atoms with E-state index in [2.05, 4.69) is 54.1 Å². The third kappa shape index (κ3) is 4.09. The first kappa shape index (κ1) is 20.1. The van der Waals surface area contributed by atoms with Gasteiger partial charge in [0.1, 0.15) is 0 Å². The van der Waals surface area contributed by atoms with Crippen molar-refractivity contribution in [2.24, 2.45) is 0 Å². The van der Waals surface area contributed by atoms with Crippen LogP contribution in [0.5, 0.6) is 0 Å². The Balaban J connectivity index is 1.47. The number of hydrogen-bond donors (Lipinski definition) is 0. The quantitative estimate of drug-likeness (QED) is 0.734. The van der Waals surface area contributed by atoms with Crippen molar-refractivity contribution in [2.45, 2.75) is 57.4 Å². The van der Waals surface area contributed by atoms with Crippen molar-refractivity contribution in [2.75, 3.05) is 26.2 Å². The fourth-order valence-electron chi connectivity index (χ4n) is 5.49. The molecule has 29 heavy (non-hydrogen) atoms. The van der Waals surface area contributed by atoms with Gasteiger partial charge in [0, 0.05) is 38.4 Å². The molecule has 1 aromatic heterocycles. The second kappa shape index (κ2) is 8.66. The van der Waals surface area contributed by atoms with Crippen molar-refractivity contribution in [3.63, 3.8) is 0 Å². The van der Waals surface area contributed by atoms with Crippen LogP contribution in [0, 0.1) is 0 Å². The maximum absolute atomic E-state index is 12.8. The molecule has 4 heteroatoms. The molecule has 0 saturated carbocycles. The van der Waals surface area contributed by atoms with Gasteiger partial charge in [-0.05, 0) is 80.3 Å². The van der Waals surface area contributed by atoms with Gasteiger partial charge in [0.15, 0.2) is 0 Å². The van der Waals surface area contributed by atoms with E-state index < -0.39 is 0 Å². The molecule has 1 aliphatic carbocycles. The molecule has 1 aromatic carbocycles. The Hall–Kier alpha value is -2.20. The Morgan fingerprint density at radius 3 is 2.59 bits per heavy atom. The lowest BCUT2D eigenvalue weighted by molar-refractivity contribution is -0.131. The average Bonchev–Trinajstić information content (AvgIpc) is 3.05. The normalized spacial score (nSPS) is 20.6. The van der Waals surface area contributed by atoms with Crippen LogP contribution in [-0.4, -0.2) is 46.9 Å². The molecule has 1 fully saturated rings. The topological polar surface area (TPSA) is 36.4 Å². The molecular formula is C25H33N3O. The molecule has 0 radical (unpaired) electrons. The maximum Gasteiger partial charge on any atom is 0.223 e. The predicted octanol–water partition coefficient (Wildman–Crippen LogP) is 4.36. The van der Waals surface area contributed by atoms with E-state index in [9.17, 15) is 4.79 Å². The second-order valence-corrected chi connectivity index (χ2v) is 8.68. The minimum Gasteiger partial charge on any atom is -0.343 e. The highest BCUT2D eigenvalue weighted by Crippen LogP contribution is 2.52. The van der Waals surface area contributed by atoms with Crippen LogP contribution in [-0.2, 0) is 16.8 Å². The zero-order valence-corrected chi connectivity index (χ0v) is 17.8. The highest BCUT2D eigenvalue weighted by atomic mass is 16.2. The summed E-state index contributed by atoms with van der Waals surface area (Å²) in [6, 6.07) is 13.1. The number of rotatable bonds is 6. The van der Waals surface area contributed by atoms with Gasteiger partial charge in [-0.25, -0.2) is 0 Å². The summed E-state index contributed by atoms with van der Waals surface area (Å²) in [4.78, 5) is 21.6. The molecule has 2 aliphatic rings. The van der Waals surface area contributed by atoms with E-state index in [1.165, 1.54) is 29.5 Å². The molecule has 1 atom stereocenters. The van der Waals surface area contributed by atoms with Gasteiger partial charge in [0.05, 0.1) is 0 Å². The van der Waals surface area contributed by atoms with Crippen LogP contribution in [0.2, 0.25) is 0 Å². The summed E-state index contributed by atoms with van der Waals surface area (Å²) in [5.74, 6) is 0.671. The van der Waals surface area contributed by atoms with E-state index in [1.54, 1.807) is 0 Å². The summed E-state index contributed by atoms with van der Waals surface area (Å²) in [5.41, 5.74) is 4.47. The molecular weight excluding hydrogens is 358 g/mol. The summed E-state index contributed by atoms with van der Waals surface area (Å²) < 4.78 is 0. The molecule has 1 spiro atoms. The Labute approximate surface area is 174 Å². The minimum atomic E-state index is 0.246. The molecule has 2 heterocycles. The first-order chi connectivity index (χ1) is 14.1. The number of likely N-dealkylation sites (tertiary alicyclic amines) is 1. The van der Waals surface area contributed by atoms with Gasteiger partial charge in [-0.15, -0.1) is 0 Å². The number of benzene rings is 1. The minimum absolute atomic E-state index is 0.246. The van der Waals surface area contributed by atoms with Crippen LogP contribution >= 0.6 is 0 Å². The second-order valence-electron chi connectivity index (χ2n) is 8.68. The van der Waals surface area contributed by atoms with Crippen LogP contribution in [0.4, 0.5) is 0 Å². The number of amides is 1. The molecule has 154 valence electrons. The van der Waals surface area contributed by atoms with Crippen molar-refractivity contribution in [3.05, 3.63) is 65.5 Å². The van der Waals surface area contributed by atoms with E-state index >= 15 is 0 Å². The SMILES string of the molecule is CCN(CC)C(=O)CC1CC2(CCN(Cc3cccnc3)CC2)c2ccccc21. The van der Waals surface area contributed by atoms with E-state index in [0.717, 1.165) is 39.1 Å². The van der Waals surface area contributed by atoms with Crippen LogP contribution in [0.3, 0.4) is 0 Å². The molecule has 0 bridgehead atoms. The Bertz CT molecular complexity index is 823. The molecule has 4 rings (SSSR count). The zero-order chi connectivity index (χ0) is 20.3. The number of hydrogen-bond acceptors (Lipinski definition) is 3. The molecule has 4 nitrogen and oxygen atoms in total. The first-order valence-electron chi connectivity index (χ1n) is 11.1. The number of piperidine rings is 1. The van der Waals surface area contributed by atoms with Gasteiger partial charge in [-0.1, -0.05) is 30.3 Å². The van der Waals surface area contributed by atoms with E-state index in [4.69, 9.17) is 0 Å². The van der Waals surface area contributed by atoms with Gasteiger partial charge < -0.3 is 4.90 Å². The fraction of sp³-hybridized carbons (Fsp3) is 0.520. The summed E-state index contributed by atoms with van der Waals surface area (Å²) >= 11 is 0. The van der Waals surface area contributed by atoms with Crippen LogP contribution in [0.25, 0.3) is 0 Å². The third-order valence-electron chi connectivity index (χ3n) is 7.09. The van der Waals surface area contributed by atoms with Gasteiger partial charge in [0.25, 0.3) is 0 Å². The average molecular weight is 392 g/mol. The van der Waals surface area contributed by atoms with Crippen LogP contribution in [0.15, 0.2) is 48.8 Å².